The molecule has 2 atom stereocenters. The van der Waals surface area contributed by atoms with Crippen LogP contribution in [0, 0.1) is 11.8 Å². The Morgan fingerprint density at radius 1 is 1.13 bits per heavy atom. The summed E-state index contributed by atoms with van der Waals surface area (Å²) in [7, 11) is 3.30. The largest absolute Gasteiger partial charge is 0.493 e. The van der Waals surface area contributed by atoms with Gasteiger partial charge in [-0.15, -0.1) is 0 Å². The summed E-state index contributed by atoms with van der Waals surface area (Å²) in [6.45, 7) is 10.8. The molecule has 1 aromatic carbocycles. The molecule has 2 N–H and O–H groups in total. The predicted octanol–water partition coefficient (Wildman–Crippen LogP) is 4.20. The standard InChI is InChI=1S/C24H41NO6/c1-17(2)19(15-20(16-26)25-23(27)31-24(3,4)5)13-18-9-10-21(29-7)22(14-18)30-12-8-11-28-6/h9-10,14,17,19-20,26H,8,11-13,15-16H2,1-7H3,(H,25,27)/t19-,20+/m1/s1. The van der Waals surface area contributed by atoms with Crippen molar-refractivity contribution < 1.29 is 28.8 Å². The third-order valence-corrected chi connectivity index (χ3v) is 4.95. The fourth-order valence-corrected chi connectivity index (χ4v) is 3.26. The lowest BCUT2D eigenvalue weighted by Gasteiger charge is -2.27. The molecule has 0 saturated heterocycles. The van der Waals surface area contributed by atoms with E-state index in [1.807, 2.05) is 39.0 Å². The lowest BCUT2D eigenvalue weighted by atomic mass is 9.84. The summed E-state index contributed by atoms with van der Waals surface area (Å²) in [6, 6.07) is 5.59. The number of carbonyl (C=O) groups is 1. The predicted molar refractivity (Wildman–Crippen MR) is 122 cm³/mol. The molecular formula is C24H41NO6. The maximum absolute atomic E-state index is 12.1. The Bertz CT molecular complexity index is 656. The minimum atomic E-state index is -0.579. The van der Waals surface area contributed by atoms with Crippen LogP contribution in [0.15, 0.2) is 18.2 Å². The van der Waals surface area contributed by atoms with E-state index in [0.717, 1.165) is 18.4 Å². The van der Waals surface area contributed by atoms with Crippen molar-refractivity contribution >= 4 is 6.09 Å². The maximum Gasteiger partial charge on any atom is 0.407 e. The molecule has 0 spiro atoms. The van der Waals surface area contributed by atoms with E-state index in [1.54, 1.807) is 14.2 Å². The normalized spacial score (nSPS) is 13.6. The molecule has 0 aliphatic rings. The number of aliphatic hydroxyl groups excluding tert-OH is 1. The summed E-state index contributed by atoms with van der Waals surface area (Å²) < 4.78 is 21.7. The SMILES string of the molecule is COCCCOc1cc(C[C@H](C[C@@H](CO)NC(=O)OC(C)(C)C)C(C)C)ccc1OC. The first-order valence-corrected chi connectivity index (χ1v) is 11.0. The molecule has 0 heterocycles. The van der Waals surface area contributed by atoms with E-state index in [0.29, 0.717) is 37.1 Å². The molecule has 1 amide bonds. The number of nitrogens with one attached hydrogen (secondary N) is 1. The van der Waals surface area contributed by atoms with Gasteiger partial charge >= 0.3 is 6.09 Å². The first-order valence-electron chi connectivity index (χ1n) is 11.0. The highest BCUT2D eigenvalue weighted by molar-refractivity contribution is 5.68. The number of ether oxygens (including phenoxy) is 4. The fraction of sp³-hybridized carbons (Fsp3) is 0.708. The number of alkyl carbamates (subject to hydrolysis) is 1. The number of aliphatic hydroxyl groups is 1. The number of methoxy groups -OCH3 is 2. The first kappa shape index (κ1) is 27.0. The smallest absolute Gasteiger partial charge is 0.407 e. The van der Waals surface area contributed by atoms with E-state index < -0.39 is 11.7 Å². The van der Waals surface area contributed by atoms with Gasteiger partial charge in [-0.25, -0.2) is 4.79 Å². The number of hydrogen-bond donors (Lipinski definition) is 2. The van der Waals surface area contributed by atoms with Crippen LogP contribution in [-0.2, 0) is 15.9 Å². The van der Waals surface area contributed by atoms with Crippen LogP contribution in [-0.4, -0.2) is 56.9 Å². The second kappa shape index (κ2) is 13.4. The number of benzene rings is 1. The van der Waals surface area contributed by atoms with E-state index >= 15 is 0 Å². The van der Waals surface area contributed by atoms with Gasteiger partial charge < -0.3 is 29.4 Å². The molecule has 7 nitrogen and oxygen atoms in total. The number of rotatable bonds is 13. The average Bonchev–Trinajstić information content (AvgIpc) is 2.68. The quantitative estimate of drug-likeness (QED) is 0.448. The monoisotopic (exact) mass is 439 g/mol. The summed E-state index contributed by atoms with van der Waals surface area (Å²) in [6.07, 6.45) is 1.73. The highest BCUT2D eigenvalue weighted by atomic mass is 16.6. The molecular weight excluding hydrogens is 398 g/mol. The van der Waals surface area contributed by atoms with Crippen molar-refractivity contribution in [3.05, 3.63) is 23.8 Å². The fourth-order valence-electron chi connectivity index (χ4n) is 3.26. The van der Waals surface area contributed by atoms with Gasteiger partial charge in [0.1, 0.15) is 5.60 Å². The average molecular weight is 440 g/mol. The number of amides is 1. The Morgan fingerprint density at radius 2 is 1.84 bits per heavy atom. The van der Waals surface area contributed by atoms with Crippen LogP contribution in [0.4, 0.5) is 4.79 Å². The van der Waals surface area contributed by atoms with Gasteiger partial charge in [0, 0.05) is 20.1 Å². The Kier molecular flexibility index (Phi) is 11.7. The molecule has 7 heteroatoms. The summed E-state index contributed by atoms with van der Waals surface area (Å²) in [5, 5.41) is 12.6. The molecule has 0 bridgehead atoms. The van der Waals surface area contributed by atoms with E-state index in [1.165, 1.54) is 0 Å². The van der Waals surface area contributed by atoms with E-state index in [9.17, 15) is 9.90 Å². The van der Waals surface area contributed by atoms with Gasteiger partial charge in [-0.3, -0.25) is 0 Å². The number of carbonyl (C=O) groups excluding carboxylic acids is 1. The molecule has 1 rings (SSSR count). The zero-order chi connectivity index (χ0) is 23.4. The topological polar surface area (TPSA) is 86.2 Å². The van der Waals surface area contributed by atoms with Gasteiger partial charge in [-0.05, 0) is 63.1 Å². The molecule has 31 heavy (non-hydrogen) atoms. The third kappa shape index (κ3) is 10.7. The van der Waals surface area contributed by atoms with Crippen molar-refractivity contribution in [1.82, 2.24) is 5.32 Å². The van der Waals surface area contributed by atoms with Crippen LogP contribution in [0.1, 0.15) is 53.0 Å². The zero-order valence-electron chi connectivity index (χ0n) is 20.2. The molecule has 1 aromatic rings. The lowest BCUT2D eigenvalue weighted by Crippen LogP contribution is -2.42. The van der Waals surface area contributed by atoms with Gasteiger partial charge in [-0.2, -0.15) is 0 Å². The summed E-state index contributed by atoms with van der Waals surface area (Å²) in [5.74, 6) is 2.02. The highest BCUT2D eigenvalue weighted by Crippen LogP contribution is 2.31. The lowest BCUT2D eigenvalue weighted by molar-refractivity contribution is 0.0468. The van der Waals surface area contributed by atoms with Crippen molar-refractivity contribution in [2.24, 2.45) is 11.8 Å². The van der Waals surface area contributed by atoms with E-state index in [2.05, 4.69) is 19.2 Å². The van der Waals surface area contributed by atoms with Crippen LogP contribution >= 0.6 is 0 Å². The second-order valence-corrected chi connectivity index (χ2v) is 9.15. The van der Waals surface area contributed by atoms with Crippen molar-refractivity contribution in [2.75, 3.05) is 34.0 Å². The van der Waals surface area contributed by atoms with Crippen LogP contribution < -0.4 is 14.8 Å². The minimum Gasteiger partial charge on any atom is -0.493 e. The molecule has 0 fully saturated rings. The molecule has 0 aliphatic heterocycles. The Balaban J connectivity index is 2.83. The Labute approximate surface area is 187 Å². The molecule has 178 valence electrons. The van der Waals surface area contributed by atoms with Gasteiger partial charge in [0.05, 0.1) is 26.4 Å². The Morgan fingerprint density at radius 3 is 2.39 bits per heavy atom. The first-order chi connectivity index (χ1) is 14.6. The molecule has 0 unspecified atom stereocenters. The third-order valence-electron chi connectivity index (χ3n) is 4.95. The van der Waals surface area contributed by atoms with E-state index in [4.69, 9.17) is 18.9 Å². The minimum absolute atomic E-state index is 0.140. The summed E-state index contributed by atoms with van der Waals surface area (Å²) in [4.78, 5) is 12.1. The highest BCUT2D eigenvalue weighted by Gasteiger charge is 2.24. The van der Waals surface area contributed by atoms with Crippen LogP contribution in [0.3, 0.4) is 0 Å². The van der Waals surface area contributed by atoms with Crippen molar-refractivity contribution in [1.29, 1.82) is 0 Å². The van der Waals surface area contributed by atoms with Gasteiger partial charge in [0.25, 0.3) is 0 Å². The van der Waals surface area contributed by atoms with Crippen molar-refractivity contribution in [3.8, 4) is 11.5 Å². The maximum atomic E-state index is 12.1. The second-order valence-electron chi connectivity index (χ2n) is 9.15. The van der Waals surface area contributed by atoms with Crippen LogP contribution in [0.2, 0.25) is 0 Å². The van der Waals surface area contributed by atoms with Crippen molar-refractivity contribution in [3.63, 3.8) is 0 Å². The van der Waals surface area contributed by atoms with Gasteiger partial charge in [-0.1, -0.05) is 19.9 Å². The summed E-state index contributed by atoms with van der Waals surface area (Å²) >= 11 is 0. The molecule has 0 aliphatic carbocycles. The summed E-state index contributed by atoms with van der Waals surface area (Å²) in [5.41, 5.74) is 0.541. The molecule has 0 radical (unpaired) electrons. The van der Waals surface area contributed by atoms with Gasteiger partial charge in [0.15, 0.2) is 11.5 Å². The van der Waals surface area contributed by atoms with E-state index in [-0.39, 0.29) is 18.6 Å². The molecule has 0 saturated carbocycles. The van der Waals surface area contributed by atoms with Gasteiger partial charge in [0.2, 0.25) is 0 Å². The van der Waals surface area contributed by atoms with Crippen LogP contribution in [0.5, 0.6) is 11.5 Å². The van der Waals surface area contributed by atoms with Crippen molar-refractivity contribution in [2.45, 2.75) is 65.5 Å². The zero-order valence-corrected chi connectivity index (χ0v) is 20.2. The molecule has 0 aromatic heterocycles. The van der Waals surface area contributed by atoms with Crippen LogP contribution in [0.25, 0.3) is 0 Å². The number of hydrogen-bond acceptors (Lipinski definition) is 6. The Hall–Kier alpha value is -1.99.